The number of benzene rings is 1. The first kappa shape index (κ1) is 22.0. The van der Waals surface area contributed by atoms with Gasteiger partial charge in [-0.3, -0.25) is 19.3 Å². The Morgan fingerprint density at radius 1 is 1.12 bits per heavy atom. The molecule has 0 aliphatic heterocycles. The summed E-state index contributed by atoms with van der Waals surface area (Å²) in [6, 6.07) is 2.50. The van der Waals surface area contributed by atoms with Gasteiger partial charge in [0.15, 0.2) is 11.4 Å². The molecule has 0 spiro atoms. The number of rotatable bonds is 2. The summed E-state index contributed by atoms with van der Waals surface area (Å²) in [6.07, 6.45) is -3.44. The molecule has 6 atom stereocenters. The summed E-state index contributed by atoms with van der Waals surface area (Å²) in [7, 11) is 2.79. The number of nitrogens with two attached hydrogens (primary N) is 1. The average molecular weight is 446 g/mol. The molecule has 32 heavy (non-hydrogen) atoms. The fourth-order valence-corrected chi connectivity index (χ4v) is 5.24. The lowest BCUT2D eigenvalue weighted by Gasteiger charge is -2.53. The number of carbonyl (C=O) groups is 3. The molecule has 1 aromatic rings. The Hall–Kier alpha value is -3.25. The Labute approximate surface area is 181 Å². The molecule has 1 fully saturated rings. The highest BCUT2D eigenvalue weighted by molar-refractivity contribution is 6.24. The smallest absolute Gasteiger partial charge is 0.255 e. The van der Waals surface area contributed by atoms with Crippen LogP contribution in [0.4, 0.5) is 0 Å². The number of aromatic hydroxyl groups is 1. The fraction of sp³-hybridized carbons (Fsp3) is 0.381. The lowest BCUT2D eigenvalue weighted by molar-refractivity contribution is -0.174. The van der Waals surface area contributed by atoms with Crippen LogP contribution in [-0.2, 0) is 14.4 Å². The minimum absolute atomic E-state index is 0.0228. The maximum atomic E-state index is 13.5. The van der Waals surface area contributed by atoms with E-state index in [0.29, 0.717) is 0 Å². The first-order valence-corrected chi connectivity index (χ1v) is 9.70. The van der Waals surface area contributed by atoms with E-state index >= 15 is 0 Å². The van der Waals surface area contributed by atoms with Gasteiger partial charge in [0, 0.05) is 11.5 Å². The van der Waals surface area contributed by atoms with Crippen molar-refractivity contribution in [3.05, 3.63) is 46.2 Å². The molecule has 170 valence electrons. The van der Waals surface area contributed by atoms with Gasteiger partial charge in [-0.25, -0.2) is 0 Å². The number of carbonyl (C=O) groups excluding carboxylic acids is 3. The maximum absolute atomic E-state index is 13.5. The highest BCUT2D eigenvalue weighted by Crippen LogP contribution is 2.55. The number of hydrogen-bond acceptors (Lipinski definition) is 10. The third-order valence-electron chi connectivity index (χ3n) is 6.62. The standard InChI is InChI=1S/C21H22N2O9/c1-23(2)13-12-16(27)9-10(15(26)8-6(14(9)25)4-3-5-7(8)24)18(29)21(12,32)19(30)11(17(13)28)20(22)31/h3-5,9,12-14,16,24-27,30,32H,1-2H3,(H2,22,31). The highest BCUT2D eigenvalue weighted by Gasteiger charge is 2.68. The van der Waals surface area contributed by atoms with Crippen LogP contribution in [0.1, 0.15) is 17.2 Å². The molecule has 6 unspecified atom stereocenters. The van der Waals surface area contributed by atoms with Crippen molar-refractivity contribution in [1.82, 2.24) is 4.90 Å². The van der Waals surface area contributed by atoms with Gasteiger partial charge >= 0.3 is 0 Å². The van der Waals surface area contributed by atoms with Crippen molar-refractivity contribution < 1.29 is 45.0 Å². The van der Waals surface area contributed by atoms with Gasteiger partial charge in [-0.15, -0.1) is 0 Å². The van der Waals surface area contributed by atoms with Crippen molar-refractivity contribution in [2.45, 2.75) is 23.9 Å². The number of fused-ring (bicyclic) bond motifs is 3. The lowest BCUT2D eigenvalue weighted by atomic mass is 9.55. The first-order valence-electron chi connectivity index (χ1n) is 9.70. The van der Waals surface area contributed by atoms with Crippen molar-refractivity contribution in [2.24, 2.45) is 17.6 Å². The predicted octanol–water partition coefficient (Wildman–Crippen LogP) is -1.57. The minimum Gasteiger partial charge on any atom is -0.508 e. The second kappa shape index (κ2) is 6.87. The van der Waals surface area contributed by atoms with Gasteiger partial charge < -0.3 is 36.4 Å². The normalized spacial score (nSPS) is 34.4. The lowest BCUT2D eigenvalue weighted by Crippen LogP contribution is -2.70. The summed E-state index contributed by atoms with van der Waals surface area (Å²) in [5.74, 6) is -9.56. The van der Waals surface area contributed by atoms with Crippen molar-refractivity contribution in [3.63, 3.8) is 0 Å². The molecule has 1 amide bonds. The third kappa shape index (κ3) is 2.47. The van der Waals surface area contributed by atoms with Crippen molar-refractivity contribution in [3.8, 4) is 5.75 Å². The largest absolute Gasteiger partial charge is 0.508 e. The van der Waals surface area contributed by atoms with Gasteiger partial charge in [0.05, 0.1) is 29.7 Å². The monoisotopic (exact) mass is 446 g/mol. The van der Waals surface area contributed by atoms with Crippen LogP contribution in [0.3, 0.4) is 0 Å². The third-order valence-corrected chi connectivity index (χ3v) is 6.62. The summed E-state index contributed by atoms with van der Waals surface area (Å²) in [6.45, 7) is 0. The molecule has 11 nitrogen and oxygen atoms in total. The van der Waals surface area contributed by atoms with E-state index < -0.39 is 81.6 Å². The molecule has 4 rings (SSSR count). The minimum atomic E-state index is -3.01. The number of primary amides is 1. The van der Waals surface area contributed by atoms with Gasteiger partial charge in [0.2, 0.25) is 5.78 Å². The predicted molar refractivity (Wildman–Crippen MR) is 107 cm³/mol. The van der Waals surface area contributed by atoms with Gasteiger partial charge in [0.1, 0.15) is 22.8 Å². The van der Waals surface area contributed by atoms with E-state index in [9.17, 15) is 45.0 Å². The number of phenols is 1. The van der Waals surface area contributed by atoms with Crippen LogP contribution < -0.4 is 5.73 Å². The molecule has 0 aromatic heterocycles. The average Bonchev–Trinajstić information content (AvgIpc) is 2.70. The Balaban J connectivity index is 2.07. The van der Waals surface area contributed by atoms with Crippen LogP contribution in [0.15, 0.2) is 35.1 Å². The van der Waals surface area contributed by atoms with E-state index in [4.69, 9.17) is 5.73 Å². The zero-order valence-corrected chi connectivity index (χ0v) is 17.1. The molecule has 0 saturated heterocycles. The van der Waals surface area contributed by atoms with Crippen LogP contribution >= 0.6 is 0 Å². The van der Waals surface area contributed by atoms with Crippen LogP contribution in [0.25, 0.3) is 5.76 Å². The summed E-state index contributed by atoms with van der Waals surface area (Å²) >= 11 is 0. The number of Topliss-reactive ketones (excluding diaryl/α,β-unsaturated/α-hetero) is 2. The van der Waals surface area contributed by atoms with Crippen LogP contribution in [0.2, 0.25) is 0 Å². The van der Waals surface area contributed by atoms with E-state index in [1.807, 2.05) is 0 Å². The van der Waals surface area contributed by atoms with E-state index in [0.717, 1.165) is 0 Å². The molecule has 1 aromatic carbocycles. The number of hydrogen-bond donors (Lipinski definition) is 7. The molecule has 0 radical (unpaired) electrons. The summed E-state index contributed by atoms with van der Waals surface area (Å²) in [5, 5.41) is 65.3. The summed E-state index contributed by atoms with van der Waals surface area (Å²) in [4.78, 5) is 39.7. The molecule has 3 aliphatic rings. The second-order valence-corrected chi connectivity index (χ2v) is 8.45. The maximum Gasteiger partial charge on any atom is 0.255 e. The number of ketones is 2. The van der Waals surface area contributed by atoms with E-state index in [1.54, 1.807) is 0 Å². The summed E-state index contributed by atoms with van der Waals surface area (Å²) in [5.41, 5.74) is 0.311. The zero-order valence-electron chi connectivity index (χ0n) is 17.1. The first-order chi connectivity index (χ1) is 14.9. The second-order valence-electron chi connectivity index (χ2n) is 8.45. The number of nitrogens with zero attached hydrogens (tertiary/aromatic N) is 1. The molecule has 1 saturated carbocycles. The number of amides is 1. The van der Waals surface area contributed by atoms with Crippen LogP contribution in [0.5, 0.6) is 5.75 Å². The van der Waals surface area contributed by atoms with Crippen molar-refractivity contribution in [1.29, 1.82) is 0 Å². The summed E-state index contributed by atoms with van der Waals surface area (Å²) < 4.78 is 0. The van der Waals surface area contributed by atoms with E-state index in [-0.39, 0.29) is 11.1 Å². The highest BCUT2D eigenvalue weighted by atomic mass is 16.4. The van der Waals surface area contributed by atoms with E-state index in [2.05, 4.69) is 0 Å². The fourth-order valence-electron chi connectivity index (χ4n) is 5.24. The Morgan fingerprint density at radius 3 is 2.31 bits per heavy atom. The Bertz CT molecular complexity index is 1140. The Morgan fingerprint density at radius 2 is 1.75 bits per heavy atom. The van der Waals surface area contributed by atoms with Gasteiger partial charge in [-0.1, -0.05) is 12.1 Å². The molecular weight excluding hydrogens is 424 g/mol. The topological polar surface area (TPSA) is 202 Å². The van der Waals surface area contributed by atoms with Gasteiger partial charge in [0.25, 0.3) is 5.91 Å². The molecular formula is C21H22N2O9. The quantitative estimate of drug-likeness (QED) is 0.260. The van der Waals surface area contributed by atoms with Gasteiger partial charge in [-0.05, 0) is 25.7 Å². The Kier molecular flexibility index (Phi) is 4.72. The molecule has 3 aliphatic carbocycles. The molecule has 11 heteroatoms. The number of likely N-dealkylation sites (N-methyl/N-ethyl adjacent to an activating group) is 1. The van der Waals surface area contributed by atoms with E-state index in [1.165, 1.54) is 37.2 Å². The molecule has 8 N–H and O–H groups in total. The van der Waals surface area contributed by atoms with Crippen LogP contribution in [0, 0.1) is 11.8 Å². The number of phenolic OH excluding ortho intramolecular Hbond substituents is 1. The molecule has 0 bridgehead atoms. The molecule has 0 heterocycles. The number of aliphatic hydroxyl groups is 5. The van der Waals surface area contributed by atoms with Crippen molar-refractivity contribution in [2.75, 3.05) is 14.1 Å². The number of aliphatic hydroxyl groups excluding tert-OH is 4. The SMILES string of the molecule is CN(C)C1C(=O)C(C(N)=O)=C(O)C2(O)C(=O)C3=C(O)c4c(O)cccc4C(O)C3C(O)C12. The van der Waals surface area contributed by atoms with Crippen molar-refractivity contribution >= 4 is 23.2 Å². The van der Waals surface area contributed by atoms with Crippen LogP contribution in [-0.4, -0.2) is 84.9 Å². The van der Waals surface area contributed by atoms with Gasteiger partial charge in [-0.2, -0.15) is 0 Å². The zero-order chi connectivity index (χ0) is 23.9.